The van der Waals surface area contributed by atoms with E-state index in [-0.39, 0.29) is 0 Å². The number of methoxy groups -OCH3 is 1. The lowest BCUT2D eigenvalue weighted by Gasteiger charge is -2.09. The molecular weight excluding hydrogens is 308 g/mol. The highest BCUT2D eigenvalue weighted by Gasteiger charge is 2.06. The zero-order valence-electron chi connectivity index (χ0n) is 16.8. The summed E-state index contributed by atoms with van der Waals surface area (Å²) >= 11 is 0. The third-order valence-corrected chi connectivity index (χ3v) is 4.39. The van der Waals surface area contributed by atoms with Gasteiger partial charge in [-0.1, -0.05) is 34.9 Å². The molecule has 0 aliphatic carbocycles. The number of hydrogen-bond acceptors (Lipinski definition) is 2. The van der Waals surface area contributed by atoms with Gasteiger partial charge < -0.3 is 9.84 Å². The third-order valence-electron chi connectivity index (χ3n) is 4.39. The lowest BCUT2D eigenvalue weighted by atomic mass is 10.0. The van der Waals surface area contributed by atoms with Crippen molar-refractivity contribution in [1.82, 2.24) is 0 Å². The van der Waals surface area contributed by atoms with Crippen molar-refractivity contribution in [2.24, 2.45) is 0 Å². The van der Waals surface area contributed by atoms with Crippen LogP contribution in [0.1, 0.15) is 64.5 Å². The Balaban J connectivity index is 2.53. The van der Waals surface area contributed by atoms with Gasteiger partial charge in [0.15, 0.2) is 0 Å². The van der Waals surface area contributed by atoms with Crippen LogP contribution in [0.2, 0.25) is 0 Å². The first-order valence-corrected chi connectivity index (χ1v) is 9.14. The molecule has 0 bridgehead atoms. The molecule has 138 valence electrons. The van der Waals surface area contributed by atoms with E-state index in [0.717, 1.165) is 49.0 Å². The number of aryl methyl sites for hydroxylation is 1. The predicted octanol–water partition coefficient (Wildman–Crippen LogP) is 6.67. The molecule has 0 spiro atoms. The SMILES string of the molecule is COc1cc(CC=C(C)CCC=C(C)CCC=C(C)C)c(O)cc1C. The summed E-state index contributed by atoms with van der Waals surface area (Å²) in [7, 11) is 1.66. The fourth-order valence-electron chi connectivity index (χ4n) is 2.72. The predicted molar refractivity (Wildman–Crippen MR) is 109 cm³/mol. The fourth-order valence-corrected chi connectivity index (χ4v) is 2.72. The third kappa shape index (κ3) is 8.11. The quantitative estimate of drug-likeness (QED) is 0.508. The number of aromatic hydroxyl groups is 1. The monoisotopic (exact) mass is 342 g/mol. The molecular formula is C23H34O2. The zero-order valence-corrected chi connectivity index (χ0v) is 16.8. The number of phenolic OH excluding ortho intramolecular Hbond substituents is 1. The van der Waals surface area contributed by atoms with Crippen LogP contribution in [-0.4, -0.2) is 12.2 Å². The molecule has 0 amide bonds. The van der Waals surface area contributed by atoms with Crippen molar-refractivity contribution in [3.05, 3.63) is 58.2 Å². The molecule has 1 aromatic rings. The smallest absolute Gasteiger partial charge is 0.122 e. The maximum Gasteiger partial charge on any atom is 0.122 e. The first kappa shape index (κ1) is 21.1. The van der Waals surface area contributed by atoms with E-state index in [2.05, 4.69) is 45.9 Å². The second-order valence-corrected chi connectivity index (χ2v) is 7.11. The summed E-state index contributed by atoms with van der Waals surface area (Å²) in [6.07, 6.45) is 12.0. The molecule has 0 fully saturated rings. The Labute approximate surface area is 153 Å². The lowest BCUT2D eigenvalue weighted by Crippen LogP contribution is -1.91. The normalized spacial score (nSPS) is 12.2. The van der Waals surface area contributed by atoms with Gasteiger partial charge in [-0.25, -0.2) is 0 Å². The molecule has 1 aromatic carbocycles. The van der Waals surface area contributed by atoms with Crippen LogP contribution >= 0.6 is 0 Å². The molecule has 0 saturated carbocycles. The maximum atomic E-state index is 10.1. The van der Waals surface area contributed by atoms with Gasteiger partial charge in [0, 0.05) is 5.56 Å². The summed E-state index contributed by atoms with van der Waals surface area (Å²) in [4.78, 5) is 0. The van der Waals surface area contributed by atoms with E-state index in [0.29, 0.717) is 5.75 Å². The van der Waals surface area contributed by atoms with Crippen molar-refractivity contribution in [2.75, 3.05) is 7.11 Å². The highest BCUT2D eigenvalue weighted by Crippen LogP contribution is 2.28. The van der Waals surface area contributed by atoms with Crippen LogP contribution in [-0.2, 0) is 6.42 Å². The topological polar surface area (TPSA) is 29.5 Å². The van der Waals surface area contributed by atoms with Gasteiger partial charge in [0.2, 0.25) is 0 Å². The molecule has 0 heterocycles. The van der Waals surface area contributed by atoms with Crippen LogP contribution in [0, 0.1) is 6.92 Å². The van der Waals surface area contributed by atoms with Gasteiger partial charge in [-0.05, 0) is 84.4 Å². The second kappa shape index (κ2) is 10.8. The van der Waals surface area contributed by atoms with Crippen LogP contribution in [0.3, 0.4) is 0 Å². The summed E-state index contributed by atoms with van der Waals surface area (Å²) < 4.78 is 5.34. The van der Waals surface area contributed by atoms with Gasteiger partial charge >= 0.3 is 0 Å². The van der Waals surface area contributed by atoms with Gasteiger partial charge in [-0.3, -0.25) is 0 Å². The van der Waals surface area contributed by atoms with Crippen LogP contribution in [0.25, 0.3) is 0 Å². The van der Waals surface area contributed by atoms with Crippen molar-refractivity contribution in [2.45, 2.75) is 66.7 Å². The fraction of sp³-hybridized carbons (Fsp3) is 0.478. The van der Waals surface area contributed by atoms with Crippen molar-refractivity contribution >= 4 is 0 Å². The first-order chi connectivity index (χ1) is 11.8. The Morgan fingerprint density at radius 3 is 2.16 bits per heavy atom. The number of hydrogen-bond donors (Lipinski definition) is 1. The number of ether oxygens (including phenoxy) is 1. The van der Waals surface area contributed by atoms with E-state index in [1.165, 1.54) is 16.7 Å². The number of benzene rings is 1. The van der Waals surface area contributed by atoms with E-state index in [1.54, 1.807) is 13.2 Å². The Morgan fingerprint density at radius 1 is 0.960 bits per heavy atom. The average Bonchev–Trinajstić information content (AvgIpc) is 2.53. The van der Waals surface area contributed by atoms with E-state index >= 15 is 0 Å². The summed E-state index contributed by atoms with van der Waals surface area (Å²) in [6, 6.07) is 3.71. The largest absolute Gasteiger partial charge is 0.508 e. The minimum absolute atomic E-state index is 0.345. The van der Waals surface area contributed by atoms with Gasteiger partial charge in [0.1, 0.15) is 11.5 Å². The maximum absolute atomic E-state index is 10.1. The molecule has 0 aliphatic rings. The van der Waals surface area contributed by atoms with Gasteiger partial charge in [-0.15, -0.1) is 0 Å². The molecule has 0 atom stereocenters. The van der Waals surface area contributed by atoms with Gasteiger partial charge in [-0.2, -0.15) is 0 Å². The molecule has 25 heavy (non-hydrogen) atoms. The Bertz CT molecular complexity index is 644. The standard InChI is InChI=1S/C23H34O2/c1-17(2)9-7-10-18(3)11-8-12-19(4)13-14-21-16-23(25-6)20(5)15-22(21)24/h9,11,13,15-16,24H,7-8,10,12,14H2,1-6H3. The van der Waals surface area contributed by atoms with E-state index in [9.17, 15) is 5.11 Å². The molecule has 0 unspecified atom stereocenters. The van der Waals surface area contributed by atoms with Crippen LogP contribution in [0.4, 0.5) is 0 Å². The van der Waals surface area contributed by atoms with Crippen molar-refractivity contribution in [3.8, 4) is 11.5 Å². The molecule has 0 saturated heterocycles. The molecule has 0 radical (unpaired) electrons. The first-order valence-electron chi connectivity index (χ1n) is 9.14. The highest BCUT2D eigenvalue weighted by atomic mass is 16.5. The van der Waals surface area contributed by atoms with Crippen molar-refractivity contribution < 1.29 is 9.84 Å². The van der Waals surface area contributed by atoms with Crippen LogP contribution < -0.4 is 4.74 Å². The summed E-state index contributed by atoms with van der Waals surface area (Å²) in [5, 5.41) is 10.1. The van der Waals surface area contributed by atoms with Crippen molar-refractivity contribution in [1.29, 1.82) is 0 Å². The number of rotatable bonds is 9. The second-order valence-electron chi connectivity index (χ2n) is 7.11. The number of allylic oxidation sites excluding steroid dienone is 6. The van der Waals surface area contributed by atoms with Gasteiger partial charge in [0.25, 0.3) is 0 Å². The summed E-state index contributed by atoms with van der Waals surface area (Å²) in [5.41, 5.74) is 6.08. The molecule has 0 aliphatic heterocycles. The molecule has 1 N–H and O–H groups in total. The van der Waals surface area contributed by atoms with E-state index < -0.39 is 0 Å². The van der Waals surface area contributed by atoms with Crippen molar-refractivity contribution in [3.63, 3.8) is 0 Å². The Kier molecular flexibility index (Phi) is 9.12. The van der Waals surface area contributed by atoms with E-state index in [4.69, 9.17) is 4.74 Å². The lowest BCUT2D eigenvalue weighted by molar-refractivity contribution is 0.407. The Hall–Kier alpha value is -1.96. The number of phenols is 1. The van der Waals surface area contributed by atoms with E-state index in [1.807, 2.05) is 13.0 Å². The zero-order chi connectivity index (χ0) is 18.8. The minimum Gasteiger partial charge on any atom is -0.508 e. The van der Waals surface area contributed by atoms with Crippen LogP contribution in [0.15, 0.2) is 47.1 Å². The van der Waals surface area contributed by atoms with Gasteiger partial charge in [0.05, 0.1) is 7.11 Å². The molecule has 1 rings (SSSR count). The Morgan fingerprint density at radius 2 is 1.56 bits per heavy atom. The van der Waals surface area contributed by atoms with Crippen LogP contribution in [0.5, 0.6) is 11.5 Å². The molecule has 0 aromatic heterocycles. The molecule has 2 heteroatoms. The summed E-state index contributed by atoms with van der Waals surface area (Å²) in [6.45, 7) is 10.6. The molecule has 2 nitrogen and oxygen atoms in total. The minimum atomic E-state index is 0.345. The average molecular weight is 343 g/mol. The highest BCUT2D eigenvalue weighted by molar-refractivity contribution is 5.46. The summed E-state index contributed by atoms with van der Waals surface area (Å²) in [5.74, 6) is 1.17.